The molecule has 4 rings (SSSR count). The van der Waals surface area contributed by atoms with Crippen LogP contribution in [0.5, 0.6) is 11.5 Å². The van der Waals surface area contributed by atoms with Crippen LogP contribution in [-0.2, 0) is 34.9 Å². The summed E-state index contributed by atoms with van der Waals surface area (Å²) >= 11 is 0. The smallest absolute Gasteiger partial charge is 0.355 e. The number of aromatic nitrogens is 3. The van der Waals surface area contributed by atoms with Gasteiger partial charge in [-0.3, -0.25) is 0 Å². The van der Waals surface area contributed by atoms with E-state index in [0.29, 0.717) is 34.0 Å². The summed E-state index contributed by atoms with van der Waals surface area (Å²) in [6, 6.07) is 5.33. The molecule has 1 N–H and O–H groups in total. The minimum absolute atomic E-state index is 0.0426. The van der Waals surface area contributed by atoms with Crippen molar-refractivity contribution >= 4 is 16.0 Å². The number of esters is 1. The highest BCUT2D eigenvalue weighted by Crippen LogP contribution is 2.34. The number of fused-ring (bicyclic) bond motifs is 1. The van der Waals surface area contributed by atoms with E-state index in [9.17, 15) is 13.2 Å². The van der Waals surface area contributed by atoms with Crippen LogP contribution in [0, 0.1) is 13.8 Å². The molecule has 0 bridgehead atoms. The summed E-state index contributed by atoms with van der Waals surface area (Å²) in [6.07, 6.45) is 2.90. The van der Waals surface area contributed by atoms with Gasteiger partial charge in [-0.25, -0.2) is 18.2 Å². The molecule has 0 aliphatic carbocycles. The first-order valence-electron chi connectivity index (χ1n) is 10.4. The third-order valence-corrected chi connectivity index (χ3v) is 7.17. The van der Waals surface area contributed by atoms with Gasteiger partial charge in [0.1, 0.15) is 5.69 Å². The Bertz CT molecular complexity index is 1290. The third kappa shape index (κ3) is 4.46. The zero-order valence-electron chi connectivity index (χ0n) is 18.9. The number of ether oxygens (including phenoxy) is 3. The van der Waals surface area contributed by atoms with Gasteiger partial charge in [0.15, 0.2) is 16.5 Å². The van der Waals surface area contributed by atoms with E-state index in [1.807, 2.05) is 0 Å². The number of sulfonamides is 1. The van der Waals surface area contributed by atoms with E-state index >= 15 is 0 Å². The normalized spacial score (nSPS) is 13.0. The van der Waals surface area contributed by atoms with E-state index in [1.54, 1.807) is 50.6 Å². The third-order valence-electron chi connectivity index (χ3n) is 5.49. The molecule has 176 valence electrons. The number of rotatable bonds is 8. The largest absolute Gasteiger partial charge is 0.461 e. The summed E-state index contributed by atoms with van der Waals surface area (Å²) < 4.78 is 45.9. The van der Waals surface area contributed by atoms with Crippen molar-refractivity contribution in [2.75, 3.05) is 13.4 Å². The molecule has 0 unspecified atom stereocenters. The number of hydrogen-bond acceptors (Lipinski definition) is 7. The fourth-order valence-electron chi connectivity index (χ4n) is 3.73. The topological polar surface area (TPSA) is 116 Å². The average molecular weight is 475 g/mol. The summed E-state index contributed by atoms with van der Waals surface area (Å²) in [4.78, 5) is 19.4. The predicted molar refractivity (Wildman–Crippen MR) is 118 cm³/mol. The lowest BCUT2D eigenvalue weighted by Gasteiger charge is -2.22. The second kappa shape index (κ2) is 8.91. The Morgan fingerprint density at radius 1 is 1.24 bits per heavy atom. The van der Waals surface area contributed by atoms with E-state index in [-0.39, 0.29) is 31.5 Å². The van der Waals surface area contributed by atoms with Gasteiger partial charge < -0.3 is 23.8 Å². The molecule has 0 amide bonds. The first-order chi connectivity index (χ1) is 15.7. The van der Waals surface area contributed by atoms with Crippen molar-refractivity contribution in [1.29, 1.82) is 0 Å². The molecular weight excluding hydrogens is 448 g/mol. The molecule has 1 aliphatic heterocycles. The van der Waals surface area contributed by atoms with Crippen LogP contribution in [0.2, 0.25) is 0 Å². The summed E-state index contributed by atoms with van der Waals surface area (Å²) in [5.74, 6) is 0.717. The van der Waals surface area contributed by atoms with Crippen molar-refractivity contribution in [2.45, 2.75) is 38.9 Å². The lowest BCUT2D eigenvalue weighted by atomic mass is 10.1. The molecule has 2 aromatic heterocycles. The highest BCUT2D eigenvalue weighted by molar-refractivity contribution is 7.89. The van der Waals surface area contributed by atoms with Gasteiger partial charge in [0.2, 0.25) is 6.79 Å². The quantitative estimate of drug-likeness (QED) is 0.499. The fraction of sp³-hybridized carbons (Fsp3) is 0.364. The first-order valence-corrected chi connectivity index (χ1v) is 11.9. The molecule has 33 heavy (non-hydrogen) atoms. The Kier molecular flexibility index (Phi) is 6.17. The maximum absolute atomic E-state index is 13.5. The number of imidazole rings is 1. The molecular formula is C22H26N4O6S. The van der Waals surface area contributed by atoms with Crippen molar-refractivity contribution in [3.8, 4) is 11.5 Å². The van der Waals surface area contributed by atoms with Gasteiger partial charge in [0.25, 0.3) is 10.0 Å². The van der Waals surface area contributed by atoms with Crippen molar-refractivity contribution < 1.29 is 27.4 Å². The van der Waals surface area contributed by atoms with E-state index < -0.39 is 16.0 Å². The number of carbonyl (C=O) groups excluding carboxylic acids is 1. The summed E-state index contributed by atoms with van der Waals surface area (Å²) in [7, 11) is -2.24. The van der Waals surface area contributed by atoms with Crippen molar-refractivity contribution in [2.24, 2.45) is 7.05 Å². The average Bonchev–Trinajstić information content (AvgIpc) is 3.48. The molecule has 0 spiro atoms. The number of aromatic amines is 1. The molecule has 3 heterocycles. The van der Waals surface area contributed by atoms with Crippen LogP contribution in [0.3, 0.4) is 0 Å². The van der Waals surface area contributed by atoms with Gasteiger partial charge in [0, 0.05) is 32.0 Å². The Hall–Kier alpha value is -3.31. The number of H-pyrrole nitrogens is 1. The van der Waals surface area contributed by atoms with Crippen molar-refractivity contribution in [1.82, 2.24) is 18.8 Å². The fourth-order valence-corrected chi connectivity index (χ4v) is 5.10. The van der Waals surface area contributed by atoms with E-state index in [4.69, 9.17) is 14.2 Å². The Morgan fingerprint density at radius 3 is 2.70 bits per heavy atom. The number of hydrogen-bond donors (Lipinski definition) is 1. The van der Waals surface area contributed by atoms with Gasteiger partial charge in [-0.1, -0.05) is 6.07 Å². The SMILES string of the molecule is CCOC(=O)c1[nH]c(C)c(CN(Cc2ccc3c(c2)OCO3)S(=O)(=O)c2cn(C)cn2)c1C. The number of carbonyl (C=O) groups is 1. The molecule has 3 aromatic rings. The number of nitrogens with zero attached hydrogens (tertiary/aromatic N) is 3. The number of nitrogens with one attached hydrogen (secondary N) is 1. The van der Waals surface area contributed by atoms with Gasteiger partial charge in [-0.2, -0.15) is 4.31 Å². The van der Waals surface area contributed by atoms with Gasteiger partial charge >= 0.3 is 5.97 Å². The minimum atomic E-state index is -3.95. The molecule has 0 fully saturated rings. The summed E-state index contributed by atoms with van der Waals surface area (Å²) in [5.41, 5.74) is 3.11. The molecule has 0 saturated heterocycles. The Balaban J connectivity index is 1.71. The monoisotopic (exact) mass is 474 g/mol. The van der Waals surface area contributed by atoms with Crippen LogP contribution in [0.15, 0.2) is 35.7 Å². The maximum atomic E-state index is 13.5. The zero-order chi connectivity index (χ0) is 23.8. The molecule has 1 aliphatic rings. The van der Waals surface area contributed by atoms with Crippen LogP contribution in [-0.4, -0.2) is 46.6 Å². The standard InChI is InChI=1S/C22H26N4O6S/c1-5-30-22(27)21-14(2)17(15(3)24-21)10-26(33(28,29)20-11-25(4)12-23-20)9-16-6-7-18-19(8-16)32-13-31-18/h6-8,11-12,24H,5,9-10,13H2,1-4H3. The maximum Gasteiger partial charge on any atom is 0.355 e. The lowest BCUT2D eigenvalue weighted by Crippen LogP contribution is -2.31. The van der Waals surface area contributed by atoms with Gasteiger partial charge in [-0.15, -0.1) is 0 Å². The summed E-state index contributed by atoms with van der Waals surface area (Å²) in [6.45, 7) is 5.81. The van der Waals surface area contributed by atoms with Gasteiger partial charge in [-0.05, 0) is 49.6 Å². The number of benzene rings is 1. The molecule has 11 heteroatoms. The van der Waals surface area contributed by atoms with E-state index in [1.165, 1.54) is 16.8 Å². The van der Waals surface area contributed by atoms with Crippen LogP contribution >= 0.6 is 0 Å². The van der Waals surface area contributed by atoms with E-state index in [2.05, 4.69) is 9.97 Å². The Morgan fingerprint density at radius 2 is 2.00 bits per heavy atom. The van der Waals surface area contributed by atoms with Crippen molar-refractivity contribution in [3.63, 3.8) is 0 Å². The molecule has 0 atom stereocenters. The van der Waals surface area contributed by atoms with E-state index in [0.717, 1.165) is 5.56 Å². The highest BCUT2D eigenvalue weighted by Gasteiger charge is 2.30. The van der Waals surface area contributed by atoms with Crippen LogP contribution < -0.4 is 9.47 Å². The second-order valence-corrected chi connectivity index (χ2v) is 9.67. The lowest BCUT2D eigenvalue weighted by molar-refractivity contribution is 0.0519. The van der Waals surface area contributed by atoms with Crippen LogP contribution in [0.25, 0.3) is 0 Å². The predicted octanol–water partition coefficient (Wildman–Crippen LogP) is 2.66. The molecule has 0 radical (unpaired) electrons. The van der Waals surface area contributed by atoms with Crippen LogP contribution in [0.1, 0.15) is 39.8 Å². The van der Waals surface area contributed by atoms with Gasteiger partial charge in [0.05, 0.1) is 12.9 Å². The highest BCUT2D eigenvalue weighted by atomic mass is 32.2. The zero-order valence-corrected chi connectivity index (χ0v) is 19.7. The minimum Gasteiger partial charge on any atom is -0.461 e. The second-order valence-electron chi connectivity index (χ2n) is 7.79. The molecule has 10 nitrogen and oxygen atoms in total. The molecule has 0 saturated carbocycles. The van der Waals surface area contributed by atoms with Crippen molar-refractivity contribution in [3.05, 3.63) is 58.8 Å². The first kappa shape index (κ1) is 22.9. The summed E-state index contributed by atoms with van der Waals surface area (Å²) in [5, 5.41) is -0.0535. The van der Waals surface area contributed by atoms with Crippen LogP contribution in [0.4, 0.5) is 0 Å². The Labute approximate surface area is 192 Å². The molecule has 1 aromatic carbocycles. The number of aryl methyl sites for hydroxylation is 2.